The van der Waals surface area contributed by atoms with Gasteiger partial charge < -0.3 is 20.3 Å². The van der Waals surface area contributed by atoms with Crippen molar-refractivity contribution in [3.63, 3.8) is 0 Å². The highest BCUT2D eigenvalue weighted by Crippen LogP contribution is 2.29. The summed E-state index contributed by atoms with van der Waals surface area (Å²) in [4.78, 5) is 7.58. The first-order valence-electron chi connectivity index (χ1n) is 10.5. The van der Waals surface area contributed by atoms with E-state index in [-0.39, 0.29) is 5.41 Å². The van der Waals surface area contributed by atoms with Gasteiger partial charge in [-0.25, -0.2) is 0 Å². The van der Waals surface area contributed by atoms with Gasteiger partial charge in [0.1, 0.15) is 5.75 Å². The van der Waals surface area contributed by atoms with E-state index < -0.39 is 0 Å². The van der Waals surface area contributed by atoms with Crippen LogP contribution in [0.5, 0.6) is 5.75 Å². The number of likely N-dealkylation sites (tertiary alicyclic amines) is 1. The Bertz CT molecular complexity index is 631. The van der Waals surface area contributed by atoms with Gasteiger partial charge in [0.15, 0.2) is 5.96 Å². The number of hydrogen-bond acceptors (Lipinski definition) is 3. The minimum atomic E-state index is -0.0494. The molecule has 150 valence electrons. The quantitative estimate of drug-likeness (QED) is 0.570. The molecule has 2 aliphatic rings. The summed E-state index contributed by atoms with van der Waals surface area (Å²) in [6.45, 7) is 10.7. The van der Waals surface area contributed by atoms with Crippen molar-refractivity contribution in [2.45, 2.75) is 64.0 Å². The molecule has 0 radical (unpaired) electrons. The molecule has 0 aromatic heterocycles. The molecule has 1 aliphatic carbocycles. The summed E-state index contributed by atoms with van der Waals surface area (Å²) < 4.78 is 5.38. The molecule has 0 atom stereocenters. The number of rotatable bonds is 7. The van der Waals surface area contributed by atoms with Crippen LogP contribution in [0.2, 0.25) is 0 Å². The summed E-state index contributed by atoms with van der Waals surface area (Å²) in [5.41, 5.74) is 1.20. The number of nitrogens with zero attached hydrogens (tertiary/aromatic N) is 2. The van der Waals surface area contributed by atoms with Crippen LogP contribution >= 0.6 is 0 Å². The van der Waals surface area contributed by atoms with Crippen LogP contribution in [-0.4, -0.2) is 56.2 Å². The van der Waals surface area contributed by atoms with Crippen molar-refractivity contribution < 1.29 is 4.74 Å². The summed E-state index contributed by atoms with van der Waals surface area (Å²) in [5, 5.41) is 7.09. The average Bonchev–Trinajstić information content (AvgIpc) is 3.52. The zero-order valence-corrected chi connectivity index (χ0v) is 17.4. The SMILES string of the molecule is CCNC(=NCC(C)(C)c1cccc(OC)c1)NC1CCN(C2CC2)CC1. The molecule has 3 rings (SSSR count). The molecule has 1 aromatic carbocycles. The van der Waals surface area contributed by atoms with Gasteiger partial charge in [0, 0.05) is 37.1 Å². The zero-order chi connectivity index (χ0) is 19.3. The van der Waals surface area contributed by atoms with E-state index in [9.17, 15) is 0 Å². The largest absolute Gasteiger partial charge is 0.497 e. The Morgan fingerprint density at radius 1 is 1.22 bits per heavy atom. The van der Waals surface area contributed by atoms with Crippen LogP contribution in [0.4, 0.5) is 0 Å². The Morgan fingerprint density at radius 3 is 2.59 bits per heavy atom. The van der Waals surface area contributed by atoms with Crippen LogP contribution in [0.3, 0.4) is 0 Å². The summed E-state index contributed by atoms with van der Waals surface area (Å²) in [6, 6.07) is 9.73. The molecule has 2 fully saturated rings. The lowest BCUT2D eigenvalue weighted by Gasteiger charge is -2.33. The fourth-order valence-electron chi connectivity index (χ4n) is 3.77. The van der Waals surface area contributed by atoms with Crippen molar-refractivity contribution >= 4 is 5.96 Å². The van der Waals surface area contributed by atoms with Gasteiger partial charge in [0.2, 0.25) is 0 Å². The fourth-order valence-corrected chi connectivity index (χ4v) is 3.77. The number of piperidine rings is 1. The summed E-state index contributed by atoms with van der Waals surface area (Å²) in [7, 11) is 1.71. The smallest absolute Gasteiger partial charge is 0.191 e. The number of benzene rings is 1. The molecule has 1 saturated carbocycles. The zero-order valence-electron chi connectivity index (χ0n) is 17.4. The van der Waals surface area contributed by atoms with Gasteiger partial charge >= 0.3 is 0 Å². The first kappa shape index (κ1) is 20.0. The predicted molar refractivity (Wildman–Crippen MR) is 113 cm³/mol. The standard InChI is InChI=1S/C22H36N4O/c1-5-23-21(25-18-11-13-26(14-12-18)19-9-10-19)24-16-22(2,3)17-7-6-8-20(15-17)27-4/h6-8,15,18-19H,5,9-14,16H2,1-4H3,(H2,23,24,25). The molecule has 5 heteroatoms. The van der Waals surface area contributed by atoms with E-state index in [1.54, 1.807) is 7.11 Å². The molecule has 0 bridgehead atoms. The maximum Gasteiger partial charge on any atom is 0.191 e. The molecule has 0 unspecified atom stereocenters. The third-order valence-electron chi connectivity index (χ3n) is 5.76. The topological polar surface area (TPSA) is 48.9 Å². The lowest BCUT2D eigenvalue weighted by Crippen LogP contribution is -2.49. The van der Waals surface area contributed by atoms with Crippen molar-refractivity contribution in [3.05, 3.63) is 29.8 Å². The van der Waals surface area contributed by atoms with Gasteiger partial charge in [0.05, 0.1) is 13.7 Å². The normalized spacial score (nSPS) is 19.8. The Labute approximate surface area is 164 Å². The minimum absolute atomic E-state index is 0.0494. The summed E-state index contributed by atoms with van der Waals surface area (Å²) in [5.74, 6) is 1.84. The molecular formula is C22H36N4O. The van der Waals surface area contributed by atoms with Crippen molar-refractivity contribution in [1.29, 1.82) is 0 Å². The highest BCUT2D eigenvalue weighted by atomic mass is 16.5. The highest BCUT2D eigenvalue weighted by Gasteiger charge is 2.32. The molecule has 0 amide bonds. The number of nitrogens with one attached hydrogen (secondary N) is 2. The first-order valence-corrected chi connectivity index (χ1v) is 10.5. The van der Waals surface area contributed by atoms with Crippen LogP contribution in [0.15, 0.2) is 29.3 Å². The second-order valence-electron chi connectivity index (χ2n) is 8.50. The van der Waals surface area contributed by atoms with Crippen LogP contribution in [0.25, 0.3) is 0 Å². The molecule has 2 N–H and O–H groups in total. The average molecular weight is 373 g/mol. The van der Waals surface area contributed by atoms with Gasteiger partial charge in [0.25, 0.3) is 0 Å². The van der Waals surface area contributed by atoms with Crippen LogP contribution in [0.1, 0.15) is 52.0 Å². The van der Waals surface area contributed by atoms with E-state index in [0.717, 1.165) is 30.8 Å². The fraction of sp³-hybridized carbons (Fsp3) is 0.682. The van der Waals surface area contributed by atoms with E-state index in [4.69, 9.17) is 9.73 Å². The van der Waals surface area contributed by atoms with E-state index >= 15 is 0 Å². The number of ether oxygens (including phenoxy) is 1. The minimum Gasteiger partial charge on any atom is -0.497 e. The van der Waals surface area contributed by atoms with E-state index in [0.29, 0.717) is 6.04 Å². The molecule has 0 spiro atoms. The molecule has 1 heterocycles. The van der Waals surface area contributed by atoms with Gasteiger partial charge in [-0.2, -0.15) is 0 Å². The molecular weight excluding hydrogens is 336 g/mol. The van der Waals surface area contributed by atoms with Crippen molar-refractivity contribution in [3.8, 4) is 5.75 Å². The van der Waals surface area contributed by atoms with Crippen molar-refractivity contribution in [2.75, 3.05) is 33.3 Å². The number of methoxy groups -OCH3 is 1. The second kappa shape index (κ2) is 8.96. The Balaban J connectivity index is 1.58. The van der Waals surface area contributed by atoms with Gasteiger partial charge in [-0.3, -0.25) is 4.99 Å². The lowest BCUT2D eigenvalue weighted by atomic mass is 9.84. The van der Waals surface area contributed by atoms with Crippen LogP contribution in [0, 0.1) is 0 Å². The second-order valence-corrected chi connectivity index (χ2v) is 8.50. The summed E-state index contributed by atoms with van der Waals surface area (Å²) >= 11 is 0. The number of hydrogen-bond donors (Lipinski definition) is 2. The third-order valence-corrected chi connectivity index (χ3v) is 5.76. The Kier molecular flexibility index (Phi) is 6.64. The number of guanidine groups is 1. The lowest BCUT2D eigenvalue weighted by molar-refractivity contribution is 0.197. The van der Waals surface area contributed by atoms with E-state index in [2.05, 4.69) is 54.5 Å². The maximum atomic E-state index is 5.38. The van der Waals surface area contributed by atoms with Crippen molar-refractivity contribution in [2.24, 2.45) is 4.99 Å². The molecule has 27 heavy (non-hydrogen) atoms. The molecule has 1 saturated heterocycles. The van der Waals surface area contributed by atoms with Crippen LogP contribution < -0.4 is 15.4 Å². The molecule has 1 aromatic rings. The Hall–Kier alpha value is -1.75. The monoisotopic (exact) mass is 372 g/mol. The van der Waals surface area contributed by atoms with Crippen molar-refractivity contribution in [1.82, 2.24) is 15.5 Å². The van der Waals surface area contributed by atoms with Crippen LogP contribution in [-0.2, 0) is 5.41 Å². The predicted octanol–water partition coefficient (Wildman–Crippen LogP) is 3.15. The van der Waals surface area contributed by atoms with Gasteiger partial charge in [-0.1, -0.05) is 26.0 Å². The molecule has 5 nitrogen and oxygen atoms in total. The van der Waals surface area contributed by atoms with Gasteiger partial charge in [-0.15, -0.1) is 0 Å². The van der Waals surface area contributed by atoms with E-state index in [1.165, 1.54) is 44.3 Å². The number of aliphatic imine (C=N–C) groups is 1. The maximum absolute atomic E-state index is 5.38. The van der Waals surface area contributed by atoms with Gasteiger partial charge in [-0.05, 0) is 50.3 Å². The Morgan fingerprint density at radius 2 is 1.96 bits per heavy atom. The highest BCUT2D eigenvalue weighted by molar-refractivity contribution is 5.80. The molecule has 1 aliphatic heterocycles. The first-order chi connectivity index (χ1) is 13.0. The van der Waals surface area contributed by atoms with E-state index in [1.807, 2.05) is 6.07 Å². The summed E-state index contributed by atoms with van der Waals surface area (Å²) in [6.07, 6.45) is 5.23. The third kappa shape index (κ3) is 5.61.